The number of sulfonamides is 1. The molecule has 1 atom stereocenters. The van der Waals surface area contributed by atoms with Crippen molar-refractivity contribution in [1.29, 1.82) is 0 Å². The molecule has 0 aliphatic carbocycles. The molecule has 0 amide bonds. The molecule has 0 aromatic heterocycles. The van der Waals surface area contributed by atoms with Crippen LogP contribution in [0.2, 0.25) is 0 Å². The molecule has 0 spiro atoms. The molecule has 4 nitrogen and oxygen atoms in total. The fourth-order valence-electron chi connectivity index (χ4n) is 2.57. The van der Waals surface area contributed by atoms with Crippen LogP contribution in [0, 0.1) is 5.92 Å². The Morgan fingerprint density at radius 1 is 1.35 bits per heavy atom. The van der Waals surface area contributed by atoms with Crippen LogP contribution in [0.1, 0.15) is 39.2 Å². The van der Waals surface area contributed by atoms with Gasteiger partial charge in [0.05, 0.1) is 4.90 Å². The Morgan fingerprint density at radius 3 is 2.75 bits per heavy atom. The minimum Gasteiger partial charge on any atom is -0.385 e. The van der Waals surface area contributed by atoms with Gasteiger partial charge in [-0.3, -0.25) is 0 Å². The maximum Gasteiger partial charge on any atom is 0.240 e. The molecule has 0 radical (unpaired) electrons. The standard InChI is InChI=1S/C15H24N2O2S/c1-4-14(11(2)3)17-20(18,19)13-8-7-12-6-5-9-16-15(12)10-13/h7-8,10-11,14,16-17H,4-6,9H2,1-3H3. The van der Waals surface area contributed by atoms with Crippen LogP contribution in [-0.4, -0.2) is 21.0 Å². The van der Waals surface area contributed by atoms with E-state index in [0.717, 1.165) is 31.5 Å². The van der Waals surface area contributed by atoms with Crippen LogP contribution in [0.3, 0.4) is 0 Å². The lowest BCUT2D eigenvalue weighted by Crippen LogP contribution is -2.38. The molecule has 0 bridgehead atoms. The van der Waals surface area contributed by atoms with Crippen LogP contribution in [-0.2, 0) is 16.4 Å². The monoisotopic (exact) mass is 296 g/mol. The number of anilines is 1. The van der Waals surface area contributed by atoms with E-state index in [-0.39, 0.29) is 12.0 Å². The van der Waals surface area contributed by atoms with Gasteiger partial charge in [-0.25, -0.2) is 13.1 Å². The maximum absolute atomic E-state index is 12.5. The molecule has 2 rings (SSSR count). The second-order valence-electron chi connectivity index (χ2n) is 5.73. The lowest BCUT2D eigenvalue weighted by atomic mass is 10.0. The van der Waals surface area contributed by atoms with Crippen molar-refractivity contribution in [3.63, 3.8) is 0 Å². The van der Waals surface area contributed by atoms with Gasteiger partial charge in [0.1, 0.15) is 0 Å². The number of benzene rings is 1. The van der Waals surface area contributed by atoms with E-state index in [2.05, 4.69) is 10.0 Å². The summed E-state index contributed by atoms with van der Waals surface area (Å²) in [7, 11) is -3.44. The molecule has 20 heavy (non-hydrogen) atoms. The minimum atomic E-state index is -3.44. The zero-order chi connectivity index (χ0) is 14.8. The predicted molar refractivity (Wildman–Crippen MR) is 82.5 cm³/mol. The van der Waals surface area contributed by atoms with E-state index in [0.29, 0.717) is 4.90 Å². The SMILES string of the molecule is CCC(NS(=O)(=O)c1ccc2c(c1)NCCC2)C(C)C. The Balaban J connectivity index is 2.25. The fourth-order valence-corrected chi connectivity index (χ4v) is 4.06. The molecular weight excluding hydrogens is 272 g/mol. The van der Waals surface area contributed by atoms with E-state index >= 15 is 0 Å². The normalized spacial score (nSPS) is 16.6. The van der Waals surface area contributed by atoms with E-state index in [1.165, 1.54) is 5.56 Å². The van der Waals surface area contributed by atoms with Crippen molar-refractivity contribution in [3.8, 4) is 0 Å². The van der Waals surface area contributed by atoms with E-state index in [1.807, 2.05) is 26.8 Å². The summed E-state index contributed by atoms with van der Waals surface area (Å²) in [6.07, 6.45) is 2.91. The second kappa shape index (κ2) is 6.14. The van der Waals surface area contributed by atoms with Gasteiger partial charge in [0.15, 0.2) is 0 Å². The number of hydrogen-bond acceptors (Lipinski definition) is 3. The third kappa shape index (κ3) is 3.33. The van der Waals surface area contributed by atoms with Crippen LogP contribution in [0.25, 0.3) is 0 Å². The molecule has 1 aromatic rings. The highest BCUT2D eigenvalue weighted by Gasteiger charge is 2.22. The zero-order valence-electron chi connectivity index (χ0n) is 12.4. The predicted octanol–water partition coefficient (Wildman–Crippen LogP) is 2.76. The first-order chi connectivity index (χ1) is 9.44. The molecule has 0 saturated heterocycles. The molecule has 1 aliphatic rings. The molecule has 0 fully saturated rings. The van der Waals surface area contributed by atoms with Crippen molar-refractivity contribution in [2.75, 3.05) is 11.9 Å². The van der Waals surface area contributed by atoms with Gasteiger partial charge in [-0.2, -0.15) is 0 Å². The first kappa shape index (κ1) is 15.3. The molecule has 1 heterocycles. The van der Waals surface area contributed by atoms with Gasteiger partial charge < -0.3 is 5.32 Å². The summed E-state index contributed by atoms with van der Waals surface area (Å²) < 4.78 is 27.7. The Bertz CT molecular complexity index is 567. The largest absolute Gasteiger partial charge is 0.385 e. The minimum absolute atomic E-state index is 0.0241. The van der Waals surface area contributed by atoms with Gasteiger partial charge >= 0.3 is 0 Å². The first-order valence-corrected chi connectivity index (χ1v) is 8.81. The van der Waals surface area contributed by atoms with Gasteiger partial charge in [0, 0.05) is 18.3 Å². The topological polar surface area (TPSA) is 58.2 Å². The van der Waals surface area contributed by atoms with E-state index < -0.39 is 10.0 Å². The van der Waals surface area contributed by atoms with Crippen molar-refractivity contribution >= 4 is 15.7 Å². The quantitative estimate of drug-likeness (QED) is 0.878. The fraction of sp³-hybridized carbons (Fsp3) is 0.600. The van der Waals surface area contributed by atoms with Gasteiger partial charge in [0.25, 0.3) is 0 Å². The summed E-state index contributed by atoms with van der Waals surface area (Å²) >= 11 is 0. The number of fused-ring (bicyclic) bond motifs is 1. The number of hydrogen-bond donors (Lipinski definition) is 2. The van der Waals surface area contributed by atoms with Crippen LogP contribution in [0.15, 0.2) is 23.1 Å². The highest BCUT2D eigenvalue weighted by Crippen LogP contribution is 2.25. The summed E-state index contributed by atoms with van der Waals surface area (Å²) in [6, 6.07) is 5.36. The number of rotatable bonds is 5. The van der Waals surface area contributed by atoms with Crippen molar-refractivity contribution in [2.24, 2.45) is 5.92 Å². The van der Waals surface area contributed by atoms with Crippen molar-refractivity contribution in [2.45, 2.75) is 51.0 Å². The van der Waals surface area contributed by atoms with Crippen LogP contribution in [0.4, 0.5) is 5.69 Å². The Morgan fingerprint density at radius 2 is 2.10 bits per heavy atom. The van der Waals surface area contributed by atoms with Crippen LogP contribution >= 0.6 is 0 Å². The third-order valence-corrected chi connectivity index (χ3v) is 5.37. The number of aryl methyl sites for hydroxylation is 1. The third-order valence-electron chi connectivity index (χ3n) is 3.88. The molecule has 5 heteroatoms. The Kier molecular flexibility index (Phi) is 4.70. The lowest BCUT2D eigenvalue weighted by Gasteiger charge is -2.22. The summed E-state index contributed by atoms with van der Waals surface area (Å²) in [6.45, 7) is 6.98. The highest BCUT2D eigenvalue weighted by atomic mass is 32.2. The Hall–Kier alpha value is -1.07. The van der Waals surface area contributed by atoms with Gasteiger partial charge in [-0.1, -0.05) is 26.8 Å². The molecule has 112 valence electrons. The van der Waals surface area contributed by atoms with E-state index in [9.17, 15) is 8.42 Å². The van der Waals surface area contributed by atoms with Gasteiger partial charge in [-0.05, 0) is 42.9 Å². The average Bonchev–Trinajstić information content (AvgIpc) is 2.44. The maximum atomic E-state index is 12.5. The molecule has 1 unspecified atom stereocenters. The second-order valence-corrected chi connectivity index (χ2v) is 7.44. The summed E-state index contributed by atoms with van der Waals surface area (Å²) in [5.41, 5.74) is 2.16. The molecule has 0 saturated carbocycles. The highest BCUT2D eigenvalue weighted by molar-refractivity contribution is 7.89. The molecule has 1 aliphatic heterocycles. The van der Waals surface area contributed by atoms with E-state index in [4.69, 9.17) is 0 Å². The van der Waals surface area contributed by atoms with Gasteiger partial charge in [-0.15, -0.1) is 0 Å². The van der Waals surface area contributed by atoms with Crippen molar-refractivity contribution in [1.82, 2.24) is 4.72 Å². The Labute approximate surface area is 122 Å². The molecule has 2 N–H and O–H groups in total. The van der Waals surface area contributed by atoms with Gasteiger partial charge in [0.2, 0.25) is 10.0 Å². The summed E-state index contributed by atoms with van der Waals surface area (Å²) in [5, 5.41) is 3.27. The molecular formula is C15H24N2O2S. The average molecular weight is 296 g/mol. The van der Waals surface area contributed by atoms with E-state index in [1.54, 1.807) is 12.1 Å². The van der Waals surface area contributed by atoms with Crippen molar-refractivity contribution < 1.29 is 8.42 Å². The zero-order valence-corrected chi connectivity index (χ0v) is 13.3. The van der Waals surface area contributed by atoms with Crippen LogP contribution in [0.5, 0.6) is 0 Å². The summed E-state index contributed by atoms with van der Waals surface area (Å²) in [4.78, 5) is 0.352. The van der Waals surface area contributed by atoms with Crippen LogP contribution < -0.4 is 10.0 Å². The smallest absolute Gasteiger partial charge is 0.240 e. The first-order valence-electron chi connectivity index (χ1n) is 7.33. The number of nitrogens with one attached hydrogen (secondary N) is 2. The molecule has 1 aromatic carbocycles. The summed E-state index contributed by atoms with van der Waals surface area (Å²) in [5.74, 6) is 0.283. The lowest BCUT2D eigenvalue weighted by molar-refractivity contribution is 0.437. The van der Waals surface area contributed by atoms with Crippen molar-refractivity contribution in [3.05, 3.63) is 23.8 Å².